The highest BCUT2D eigenvalue weighted by Crippen LogP contribution is 2.24. The highest BCUT2D eigenvalue weighted by Gasteiger charge is 2.34. The number of imidazole rings is 1. The number of aromatic amines is 1. The van der Waals surface area contributed by atoms with Crippen LogP contribution in [0.1, 0.15) is 52.8 Å². The SMILES string of the molecule is CCOC(=O)c1oc(N2CCC(NC(=O)c3nc(Cl)c(CC)[nH]3)C(OC)C2)nc1C. The summed E-state index contributed by atoms with van der Waals surface area (Å²) >= 11 is 6.03. The van der Waals surface area contributed by atoms with E-state index in [-0.39, 0.29) is 36.2 Å². The number of nitrogens with zero attached hydrogens (tertiary/aromatic N) is 3. The number of amides is 1. The third kappa shape index (κ3) is 4.59. The second kappa shape index (κ2) is 9.48. The Morgan fingerprint density at radius 1 is 1.37 bits per heavy atom. The highest BCUT2D eigenvalue weighted by atomic mass is 35.5. The number of halogens is 1. The number of H-pyrrole nitrogens is 1. The van der Waals surface area contributed by atoms with E-state index in [0.717, 1.165) is 5.69 Å². The van der Waals surface area contributed by atoms with E-state index >= 15 is 0 Å². The normalized spacial score (nSPS) is 19.0. The Kier molecular flexibility index (Phi) is 6.99. The number of hydrogen-bond donors (Lipinski definition) is 2. The molecule has 0 saturated carbocycles. The first-order valence-corrected chi connectivity index (χ1v) is 10.2. The van der Waals surface area contributed by atoms with Crippen LogP contribution in [0.15, 0.2) is 4.42 Å². The lowest BCUT2D eigenvalue weighted by molar-refractivity contribution is 0.0480. The summed E-state index contributed by atoms with van der Waals surface area (Å²) in [6.45, 7) is 6.60. The fraction of sp³-hybridized carbons (Fsp3) is 0.579. The molecule has 1 aliphatic rings. The smallest absolute Gasteiger partial charge is 0.376 e. The molecule has 2 aromatic rings. The second-order valence-corrected chi connectivity index (χ2v) is 7.29. The van der Waals surface area contributed by atoms with Crippen LogP contribution in [-0.4, -0.2) is 65.8 Å². The molecule has 1 saturated heterocycles. The molecule has 0 radical (unpaired) electrons. The number of rotatable bonds is 7. The molecule has 2 aromatic heterocycles. The van der Waals surface area contributed by atoms with Gasteiger partial charge in [0.25, 0.3) is 11.9 Å². The van der Waals surface area contributed by atoms with Crippen LogP contribution in [0.4, 0.5) is 6.01 Å². The average Bonchev–Trinajstić information content (AvgIpc) is 3.31. The predicted octanol–water partition coefficient (Wildman–Crippen LogP) is 2.12. The number of aryl methyl sites for hydroxylation is 2. The van der Waals surface area contributed by atoms with Crippen molar-refractivity contribution in [2.45, 2.75) is 45.8 Å². The van der Waals surface area contributed by atoms with Gasteiger partial charge in [0.2, 0.25) is 5.76 Å². The number of piperidine rings is 1. The van der Waals surface area contributed by atoms with Gasteiger partial charge in [-0.2, -0.15) is 4.98 Å². The maximum absolute atomic E-state index is 12.6. The van der Waals surface area contributed by atoms with Crippen LogP contribution < -0.4 is 10.2 Å². The van der Waals surface area contributed by atoms with Crippen LogP contribution in [0.25, 0.3) is 0 Å². The molecular formula is C19H26ClN5O5. The lowest BCUT2D eigenvalue weighted by Gasteiger charge is -2.37. The van der Waals surface area contributed by atoms with Crippen molar-refractivity contribution in [1.82, 2.24) is 20.3 Å². The Hall–Kier alpha value is -2.59. The summed E-state index contributed by atoms with van der Waals surface area (Å²) in [6.07, 6.45) is 0.939. The van der Waals surface area contributed by atoms with Gasteiger partial charge in [-0.25, -0.2) is 9.78 Å². The zero-order chi connectivity index (χ0) is 21.8. The van der Waals surface area contributed by atoms with Crippen LogP contribution in [-0.2, 0) is 15.9 Å². The zero-order valence-electron chi connectivity index (χ0n) is 17.5. The largest absolute Gasteiger partial charge is 0.460 e. The Morgan fingerprint density at radius 2 is 2.13 bits per heavy atom. The summed E-state index contributed by atoms with van der Waals surface area (Å²) in [5, 5.41) is 3.26. The molecule has 1 aliphatic heterocycles. The topological polar surface area (TPSA) is 123 Å². The van der Waals surface area contributed by atoms with Gasteiger partial charge < -0.3 is 29.1 Å². The number of anilines is 1. The number of methoxy groups -OCH3 is 1. The molecule has 0 spiro atoms. The number of hydrogen-bond acceptors (Lipinski definition) is 8. The lowest BCUT2D eigenvalue weighted by Crippen LogP contribution is -2.55. The molecule has 0 bridgehead atoms. The average molecular weight is 440 g/mol. The van der Waals surface area contributed by atoms with Gasteiger partial charge in [-0.1, -0.05) is 18.5 Å². The van der Waals surface area contributed by atoms with Gasteiger partial charge in [0.05, 0.1) is 36.7 Å². The Balaban J connectivity index is 1.67. The van der Waals surface area contributed by atoms with E-state index in [2.05, 4.69) is 20.3 Å². The first kappa shape index (κ1) is 22.1. The summed E-state index contributed by atoms with van der Waals surface area (Å²) in [7, 11) is 1.58. The third-order valence-electron chi connectivity index (χ3n) is 4.99. The van der Waals surface area contributed by atoms with Crippen molar-refractivity contribution >= 4 is 29.5 Å². The fourth-order valence-electron chi connectivity index (χ4n) is 3.36. The molecular weight excluding hydrogens is 414 g/mol. The maximum atomic E-state index is 12.6. The number of esters is 1. The van der Waals surface area contributed by atoms with Crippen molar-refractivity contribution in [3.63, 3.8) is 0 Å². The minimum Gasteiger partial charge on any atom is -0.460 e. The number of aromatic nitrogens is 3. The van der Waals surface area contributed by atoms with Gasteiger partial charge >= 0.3 is 5.97 Å². The van der Waals surface area contributed by atoms with Gasteiger partial charge in [-0.15, -0.1) is 0 Å². The van der Waals surface area contributed by atoms with Crippen molar-refractivity contribution in [2.75, 3.05) is 31.7 Å². The molecule has 30 heavy (non-hydrogen) atoms. The van der Waals surface area contributed by atoms with Crippen molar-refractivity contribution in [3.8, 4) is 0 Å². The Bertz CT molecular complexity index is 911. The predicted molar refractivity (Wildman–Crippen MR) is 109 cm³/mol. The first-order valence-electron chi connectivity index (χ1n) is 9.85. The molecule has 1 fully saturated rings. The van der Waals surface area contributed by atoms with E-state index in [4.69, 9.17) is 25.5 Å². The minimum atomic E-state index is -0.539. The summed E-state index contributed by atoms with van der Waals surface area (Å²) in [6, 6.07) is 0.0982. The van der Waals surface area contributed by atoms with Crippen molar-refractivity contribution < 1.29 is 23.5 Å². The molecule has 0 aromatic carbocycles. The van der Waals surface area contributed by atoms with E-state index in [1.165, 1.54) is 0 Å². The first-order chi connectivity index (χ1) is 14.4. The van der Waals surface area contributed by atoms with E-state index in [1.807, 2.05) is 11.8 Å². The highest BCUT2D eigenvalue weighted by molar-refractivity contribution is 6.30. The summed E-state index contributed by atoms with van der Waals surface area (Å²) in [5.41, 5.74) is 1.19. The van der Waals surface area contributed by atoms with Crippen molar-refractivity contribution in [2.24, 2.45) is 0 Å². The minimum absolute atomic E-state index is 0.0951. The summed E-state index contributed by atoms with van der Waals surface area (Å²) in [5.74, 6) is -0.606. The molecule has 2 atom stereocenters. The number of carbonyl (C=O) groups excluding carboxylic acids is 2. The van der Waals surface area contributed by atoms with E-state index in [0.29, 0.717) is 42.8 Å². The molecule has 1 amide bonds. The van der Waals surface area contributed by atoms with Gasteiger partial charge in [-0.3, -0.25) is 4.79 Å². The van der Waals surface area contributed by atoms with Gasteiger partial charge in [-0.05, 0) is 26.7 Å². The second-order valence-electron chi connectivity index (χ2n) is 6.93. The molecule has 3 heterocycles. The van der Waals surface area contributed by atoms with E-state index < -0.39 is 5.97 Å². The number of nitrogens with one attached hydrogen (secondary N) is 2. The fourth-order valence-corrected chi connectivity index (χ4v) is 3.63. The number of ether oxygens (including phenoxy) is 2. The Labute approximate surface area is 179 Å². The lowest BCUT2D eigenvalue weighted by atomic mass is 10.0. The third-order valence-corrected chi connectivity index (χ3v) is 5.30. The van der Waals surface area contributed by atoms with Gasteiger partial charge in [0.15, 0.2) is 11.0 Å². The van der Waals surface area contributed by atoms with Crippen LogP contribution in [0, 0.1) is 6.92 Å². The molecule has 164 valence electrons. The molecule has 2 unspecified atom stereocenters. The molecule has 10 nitrogen and oxygen atoms in total. The van der Waals surface area contributed by atoms with Gasteiger partial charge in [0.1, 0.15) is 0 Å². The summed E-state index contributed by atoms with van der Waals surface area (Å²) in [4.78, 5) is 37.8. The maximum Gasteiger partial charge on any atom is 0.376 e. The van der Waals surface area contributed by atoms with E-state index in [1.54, 1.807) is 21.0 Å². The molecule has 11 heteroatoms. The van der Waals surface area contributed by atoms with Crippen LogP contribution in [0.3, 0.4) is 0 Å². The van der Waals surface area contributed by atoms with Crippen LogP contribution >= 0.6 is 11.6 Å². The van der Waals surface area contributed by atoms with Crippen molar-refractivity contribution in [3.05, 3.63) is 28.1 Å². The van der Waals surface area contributed by atoms with Crippen LogP contribution in [0.2, 0.25) is 5.15 Å². The molecule has 2 N–H and O–H groups in total. The number of oxazole rings is 1. The standard InChI is InChI=1S/C19H26ClN5O5/c1-5-11-15(20)24-16(22-11)17(26)23-12-7-8-25(9-13(12)28-4)19-21-10(3)14(30-19)18(27)29-6-2/h12-13H,5-9H2,1-4H3,(H,22,24)(H,23,26). The number of carbonyl (C=O) groups is 2. The monoisotopic (exact) mass is 439 g/mol. The van der Waals surface area contributed by atoms with E-state index in [9.17, 15) is 9.59 Å². The molecule has 3 rings (SSSR count). The quantitative estimate of drug-likeness (QED) is 0.629. The summed E-state index contributed by atoms with van der Waals surface area (Å²) < 4.78 is 16.2. The zero-order valence-corrected chi connectivity index (χ0v) is 18.2. The van der Waals surface area contributed by atoms with Gasteiger partial charge in [0, 0.05) is 13.7 Å². The molecule has 0 aliphatic carbocycles. The van der Waals surface area contributed by atoms with Crippen molar-refractivity contribution in [1.29, 1.82) is 0 Å². The Morgan fingerprint density at radius 3 is 2.77 bits per heavy atom. The van der Waals surface area contributed by atoms with Crippen LogP contribution in [0.5, 0.6) is 0 Å².